The summed E-state index contributed by atoms with van der Waals surface area (Å²) in [6, 6.07) is 15.5. The molecule has 1 aliphatic carbocycles. The van der Waals surface area contributed by atoms with E-state index >= 15 is 0 Å². The first kappa shape index (κ1) is 22.5. The van der Waals surface area contributed by atoms with Crippen molar-refractivity contribution in [1.29, 1.82) is 0 Å². The normalized spacial score (nSPS) is 16.2. The number of aromatic nitrogens is 2. The number of rotatable bonds is 4. The van der Waals surface area contributed by atoms with Crippen LogP contribution in [-0.4, -0.2) is 15.8 Å². The minimum absolute atomic E-state index is 0.0811. The van der Waals surface area contributed by atoms with Crippen molar-refractivity contribution in [3.05, 3.63) is 86.8 Å². The Balaban J connectivity index is 1.60. The summed E-state index contributed by atoms with van der Waals surface area (Å²) < 4.78 is 14.8. The third-order valence-electron chi connectivity index (χ3n) is 6.57. The maximum Gasteiger partial charge on any atom is 0.268 e. The fourth-order valence-corrected chi connectivity index (χ4v) is 5.86. The van der Waals surface area contributed by atoms with Crippen LogP contribution in [0.5, 0.6) is 0 Å². The van der Waals surface area contributed by atoms with Gasteiger partial charge in [-0.1, -0.05) is 51.1 Å². The number of fused-ring (bicyclic) bond motifs is 3. The van der Waals surface area contributed by atoms with E-state index in [2.05, 4.69) is 31.3 Å². The van der Waals surface area contributed by atoms with Crippen LogP contribution in [0.15, 0.2) is 64.5 Å². The molecule has 1 aliphatic rings. The van der Waals surface area contributed by atoms with Gasteiger partial charge in [0, 0.05) is 4.88 Å². The molecule has 0 bridgehead atoms. The van der Waals surface area contributed by atoms with Crippen LogP contribution >= 0.6 is 11.3 Å². The summed E-state index contributed by atoms with van der Waals surface area (Å²) in [5.74, 6) is 0.640. The first-order valence-electron chi connectivity index (χ1n) is 11.5. The molecule has 0 spiro atoms. The van der Waals surface area contributed by atoms with Crippen LogP contribution in [-0.2, 0) is 12.8 Å². The Labute approximate surface area is 202 Å². The lowest BCUT2D eigenvalue weighted by Crippen LogP contribution is -2.27. The second-order valence-electron chi connectivity index (χ2n) is 9.82. The van der Waals surface area contributed by atoms with Crippen LogP contribution in [0.25, 0.3) is 15.9 Å². The van der Waals surface area contributed by atoms with E-state index in [0.29, 0.717) is 11.9 Å². The molecule has 0 aliphatic heterocycles. The molecule has 0 fully saturated rings. The lowest BCUT2D eigenvalue weighted by molar-refractivity contribution is 0.218. The summed E-state index contributed by atoms with van der Waals surface area (Å²) in [6.07, 6.45) is 4.54. The minimum atomic E-state index is -0.300. The first-order valence-corrected chi connectivity index (χ1v) is 12.3. The lowest BCUT2D eigenvalue weighted by Gasteiger charge is -2.33. The van der Waals surface area contributed by atoms with E-state index in [1.807, 2.05) is 30.3 Å². The predicted octanol–water partition coefficient (Wildman–Crippen LogP) is 6.18. The zero-order valence-electron chi connectivity index (χ0n) is 19.5. The first-order chi connectivity index (χ1) is 16.3. The number of hydrogen-bond acceptors (Lipinski definition) is 5. The molecule has 2 aromatic carbocycles. The maximum atomic E-state index is 13.8. The van der Waals surface area contributed by atoms with E-state index < -0.39 is 0 Å². The van der Waals surface area contributed by atoms with Crippen molar-refractivity contribution in [2.75, 3.05) is 5.43 Å². The second-order valence-corrected chi connectivity index (χ2v) is 10.9. The molecule has 5 nitrogen and oxygen atoms in total. The largest absolute Gasteiger partial charge is 0.268 e. The van der Waals surface area contributed by atoms with Gasteiger partial charge in [-0.25, -0.2) is 19.4 Å². The quantitative estimate of drug-likeness (QED) is 0.284. The Hall–Kier alpha value is -3.32. The van der Waals surface area contributed by atoms with Gasteiger partial charge in [-0.2, -0.15) is 5.10 Å². The molecule has 34 heavy (non-hydrogen) atoms. The van der Waals surface area contributed by atoms with Gasteiger partial charge in [0.15, 0.2) is 0 Å². The maximum absolute atomic E-state index is 13.8. The van der Waals surface area contributed by atoms with Gasteiger partial charge >= 0.3 is 0 Å². The Bertz CT molecular complexity index is 1420. The van der Waals surface area contributed by atoms with E-state index in [0.717, 1.165) is 46.3 Å². The number of hydrazone groups is 1. The predicted molar refractivity (Wildman–Crippen MR) is 138 cm³/mol. The van der Waals surface area contributed by atoms with Crippen molar-refractivity contribution < 1.29 is 4.39 Å². The molecule has 2 aromatic heterocycles. The van der Waals surface area contributed by atoms with E-state index in [1.54, 1.807) is 34.3 Å². The second kappa shape index (κ2) is 8.80. The highest BCUT2D eigenvalue weighted by atomic mass is 32.1. The zero-order chi connectivity index (χ0) is 23.9. The average Bonchev–Trinajstić information content (AvgIpc) is 3.18. The van der Waals surface area contributed by atoms with E-state index in [4.69, 9.17) is 4.98 Å². The summed E-state index contributed by atoms with van der Waals surface area (Å²) in [7, 11) is 0. The molecule has 5 rings (SSSR count). The van der Waals surface area contributed by atoms with Gasteiger partial charge in [-0.05, 0) is 66.0 Å². The zero-order valence-corrected chi connectivity index (χ0v) is 20.3. The summed E-state index contributed by atoms with van der Waals surface area (Å²) in [6.45, 7) is 6.87. The molecule has 1 unspecified atom stereocenters. The standard InChI is InChI=1S/C27H27FN4OS/c1-27(2,3)18-11-14-21-22(15-18)34-24-23(21)25(33)32(20-7-5-4-6-8-20)26(30-24)31-29-16-17-9-12-19(28)13-10-17/h4-10,12-13,16,18H,11,14-15H2,1-3H3,(H,30,31). The van der Waals surface area contributed by atoms with Crippen molar-refractivity contribution in [1.82, 2.24) is 9.55 Å². The molecular weight excluding hydrogens is 447 g/mol. The summed E-state index contributed by atoms with van der Waals surface area (Å²) in [4.78, 5) is 20.7. The lowest BCUT2D eigenvalue weighted by atomic mass is 9.72. The van der Waals surface area contributed by atoms with Crippen molar-refractivity contribution >= 4 is 33.7 Å². The van der Waals surface area contributed by atoms with Crippen molar-refractivity contribution in [2.45, 2.75) is 40.0 Å². The number of thiophene rings is 1. The molecular formula is C27H27FN4OS. The molecule has 0 saturated carbocycles. The number of anilines is 1. The van der Waals surface area contributed by atoms with Crippen LogP contribution in [0.1, 0.15) is 43.2 Å². The number of aryl methyl sites for hydroxylation is 1. The number of para-hydroxylation sites is 1. The molecule has 7 heteroatoms. The smallest absolute Gasteiger partial charge is 0.268 e. The van der Waals surface area contributed by atoms with Gasteiger partial charge in [-0.3, -0.25) is 4.79 Å². The fraction of sp³-hybridized carbons (Fsp3) is 0.296. The molecule has 0 saturated heterocycles. The highest BCUT2D eigenvalue weighted by Gasteiger charge is 2.32. The Morgan fingerprint density at radius 2 is 1.88 bits per heavy atom. The Morgan fingerprint density at radius 3 is 2.59 bits per heavy atom. The van der Waals surface area contributed by atoms with Gasteiger partial charge in [0.25, 0.3) is 5.56 Å². The van der Waals surface area contributed by atoms with Gasteiger partial charge in [0.05, 0.1) is 17.3 Å². The van der Waals surface area contributed by atoms with Crippen LogP contribution in [0.3, 0.4) is 0 Å². The number of nitrogens with one attached hydrogen (secondary N) is 1. The number of halogens is 1. The summed E-state index contributed by atoms with van der Waals surface area (Å²) in [5.41, 5.74) is 5.73. The van der Waals surface area contributed by atoms with Crippen molar-refractivity contribution in [3.63, 3.8) is 0 Å². The van der Waals surface area contributed by atoms with Gasteiger partial charge in [0.2, 0.25) is 5.95 Å². The molecule has 2 heterocycles. The highest BCUT2D eigenvalue weighted by Crippen LogP contribution is 2.42. The molecule has 1 N–H and O–H groups in total. The fourth-order valence-electron chi connectivity index (χ4n) is 4.57. The molecule has 1 atom stereocenters. The van der Waals surface area contributed by atoms with Gasteiger partial charge in [-0.15, -0.1) is 11.3 Å². The number of nitrogens with zero attached hydrogens (tertiary/aromatic N) is 3. The summed E-state index contributed by atoms with van der Waals surface area (Å²) >= 11 is 1.63. The van der Waals surface area contributed by atoms with Gasteiger partial charge in [0.1, 0.15) is 10.6 Å². The molecule has 0 radical (unpaired) electrons. The van der Waals surface area contributed by atoms with E-state index in [9.17, 15) is 9.18 Å². The van der Waals surface area contributed by atoms with Crippen molar-refractivity contribution in [3.8, 4) is 5.69 Å². The molecule has 0 amide bonds. The van der Waals surface area contributed by atoms with E-state index in [-0.39, 0.29) is 16.8 Å². The van der Waals surface area contributed by atoms with Crippen LogP contribution in [0.2, 0.25) is 0 Å². The van der Waals surface area contributed by atoms with Crippen LogP contribution in [0, 0.1) is 17.2 Å². The monoisotopic (exact) mass is 474 g/mol. The SMILES string of the molecule is CC(C)(C)C1CCc2c(sc3nc(NN=Cc4ccc(F)cc4)n(-c4ccccc4)c(=O)c23)C1. The molecule has 4 aromatic rings. The molecule has 174 valence electrons. The third kappa shape index (κ3) is 4.28. The van der Waals surface area contributed by atoms with Crippen LogP contribution in [0.4, 0.5) is 10.3 Å². The highest BCUT2D eigenvalue weighted by molar-refractivity contribution is 7.18. The third-order valence-corrected chi connectivity index (χ3v) is 7.72. The number of benzene rings is 2. The van der Waals surface area contributed by atoms with E-state index in [1.165, 1.54) is 17.0 Å². The average molecular weight is 475 g/mol. The van der Waals surface area contributed by atoms with Gasteiger partial charge < -0.3 is 0 Å². The number of hydrogen-bond donors (Lipinski definition) is 1. The summed E-state index contributed by atoms with van der Waals surface area (Å²) in [5, 5.41) is 5.01. The minimum Gasteiger partial charge on any atom is -0.268 e. The van der Waals surface area contributed by atoms with Crippen molar-refractivity contribution in [2.24, 2.45) is 16.4 Å². The van der Waals surface area contributed by atoms with Crippen LogP contribution < -0.4 is 11.0 Å². The Morgan fingerprint density at radius 1 is 1.15 bits per heavy atom. The Kier molecular flexibility index (Phi) is 5.81. The topological polar surface area (TPSA) is 59.3 Å².